The fourth-order valence-corrected chi connectivity index (χ4v) is 5.10. The molecular formula is C17H23ClN4O4S. The molecule has 2 aliphatic rings. The lowest BCUT2D eigenvalue weighted by Crippen LogP contribution is -2.44. The van der Waals surface area contributed by atoms with Crippen LogP contribution in [0.15, 0.2) is 27.6 Å². The molecule has 148 valence electrons. The molecule has 1 saturated carbocycles. The van der Waals surface area contributed by atoms with Crippen LogP contribution in [-0.4, -0.2) is 43.1 Å². The second kappa shape index (κ2) is 7.38. The molecule has 0 bridgehead atoms. The Morgan fingerprint density at radius 1 is 1.22 bits per heavy atom. The van der Waals surface area contributed by atoms with Crippen LogP contribution < -0.4 is 10.5 Å². The van der Waals surface area contributed by atoms with E-state index in [9.17, 15) is 8.42 Å². The van der Waals surface area contributed by atoms with Crippen LogP contribution in [0.4, 0.5) is 0 Å². The van der Waals surface area contributed by atoms with E-state index in [1.54, 1.807) is 12.1 Å². The van der Waals surface area contributed by atoms with Gasteiger partial charge in [0.05, 0.1) is 12.6 Å². The lowest BCUT2D eigenvalue weighted by atomic mass is 9.77. The molecule has 2 N–H and O–H groups in total. The van der Waals surface area contributed by atoms with Crippen LogP contribution >= 0.6 is 12.4 Å². The number of ether oxygens (including phenoxy) is 1. The van der Waals surface area contributed by atoms with Crippen molar-refractivity contribution in [1.29, 1.82) is 0 Å². The molecule has 27 heavy (non-hydrogen) atoms. The van der Waals surface area contributed by atoms with Gasteiger partial charge in [0.15, 0.2) is 5.82 Å². The minimum Gasteiger partial charge on any atom is -0.495 e. The third-order valence-corrected chi connectivity index (χ3v) is 7.13. The molecule has 1 aromatic heterocycles. The molecule has 4 rings (SSSR count). The molecule has 2 heterocycles. The van der Waals surface area contributed by atoms with E-state index >= 15 is 0 Å². The van der Waals surface area contributed by atoms with Crippen molar-refractivity contribution in [2.24, 2.45) is 5.73 Å². The van der Waals surface area contributed by atoms with Crippen molar-refractivity contribution in [2.75, 3.05) is 20.2 Å². The summed E-state index contributed by atoms with van der Waals surface area (Å²) in [6.07, 6.45) is 4.42. The van der Waals surface area contributed by atoms with Gasteiger partial charge in [-0.05, 0) is 50.3 Å². The number of hydrogen-bond donors (Lipinski definition) is 1. The number of aromatic nitrogens is 2. The minimum absolute atomic E-state index is 0. The zero-order chi connectivity index (χ0) is 18.4. The monoisotopic (exact) mass is 414 g/mol. The molecule has 8 nitrogen and oxygen atoms in total. The summed E-state index contributed by atoms with van der Waals surface area (Å²) in [5, 5.41) is 4.00. The number of halogens is 1. The van der Waals surface area contributed by atoms with E-state index in [0.717, 1.165) is 32.1 Å². The quantitative estimate of drug-likeness (QED) is 0.798. The van der Waals surface area contributed by atoms with Gasteiger partial charge in [-0.25, -0.2) is 8.42 Å². The Labute approximate surface area is 164 Å². The van der Waals surface area contributed by atoms with Crippen molar-refractivity contribution in [1.82, 2.24) is 14.4 Å². The Hall–Kier alpha value is -1.68. The van der Waals surface area contributed by atoms with Crippen molar-refractivity contribution in [3.63, 3.8) is 0 Å². The van der Waals surface area contributed by atoms with E-state index in [1.165, 1.54) is 17.5 Å². The first-order chi connectivity index (χ1) is 12.4. The third kappa shape index (κ3) is 3.44. The van der Waals surface area contributed by atoms with Gasteiger partial charge in [0.2, 0.25) is 10.0 Å². The predicted molar refractivity (Wildman–Crippen MR) is 101 cm³/mol. The minimum atomic E-state index is -3.63. The highest BCUT2D eigenvalue weighted by atomic mass is 35.5. The maximum atomic E-state index is 13.0. The largest absolute Gasteiger partial charge is 0.495 e. The topological polar surface area (TPSA) is 112 Å². The number of rotatable bonds is 5. The Bertz CT molecular complexity index is 921. The number of sulfonamides is 1. The van der Waals surface area contributed by atoms with Crippen LogP contribution in [0.5, 0.6) is 5.75 Å². The van der Waals surface area contributed by atoms with Crippen molar-refractivity contribution < 1.29 is 17.7 Å². The molecular weight excluding hydrogens is 392 g/mol. The first-order valence-electron chi connectivity index (χ1n) is 8.76. The maximum Gasteiger partial charge on any atom is 0.258 e. The Balaban J connectivity index is 0.00000210. The lowest BCUT2D eigenvalue weighted by molar-refractivity contribution is 0.229. The third-order valence-electron chi connectivity index (χ3n) is 5.21. The summed E-state index contributed by atoms with van der Waals surface area (Å²) in [7, 11) is -2.18. The lowest BCUT2D eigenvalue weighted by Gasteiger charge is -2.34. The van der Waals surface area contributed by atoms with E-state index < -0.39 is 15.6 Å². The highest BCUT2D eigenvalue weighted by molar-refractivity contribution is 7.89. The number of methoxy groups -OCH3 is 1. The van der Waals surface area contributed by atoms with Gasteiger partial charge in [-0.2, -0.15) is 9.29 Å². The molecule has 0 radical (unpaired) electrons. The number of hydrogen-bond acceptors (Lipinski definition) is 7. The highest BCUT2D eigenvalue weighted by Gasteiger charge is 2.39. The van der Waals surface area contributed by atoms with Crippen LogP contribution in [0.1, 0.15) is 37.9 Å². The first kappa shape index (κ1) is 20.1. The summed E-state index contributed by atoms with van der Waals surface area (Å²) in [4.78, 5) is 4.51. The zero-order valence-electron chi connectivity index (χ0n) is 15.1. The second-order valence-corrected chi connectivity index (χ2v) is 8.82. The summed E-state index contributed by atoms with van der Waals surface area (Å²) in [5.74, 6) is 1.03. The van der Waals surface area contributed by atoms with E-state index in [4.69, 9.17) is 15.0 Å². The van der Waals surface area contributed by atoms with Crippen LogP contribution in [0.3, 0.4) is 0 Å². The van der Waals surface area contributed by atoms with Crippen molar-refractivity contribution in [3.8, 4) is 17.2 Å². The normalized spacial score (nSPS) is 19.3. The molecule has 0 amide bonds. The molecule has 10 heteroatoms. The van der Waals surface area contributed by atoms with E-state index in [0.29, 0.717) is 30.2 Å². The van der Waals surface area contributed by atoms with Crippen LogP contribution in [0.25, 0.3) is 11.5 Å². The molecule has 0 spiro atoms. The van der Waals surface area contributed by atoms with Gasteiger partial charge < -0.3 is 15.0 Å². The van der Waals surface area contributed by atoms with Crippen molar-refractivity contribution in [2.45, 2.75) is 42.5 Å². The number of nitrogens with zero attached hydrogens (tertiary/aromatic N) is 3. The van der Waals surface area contributed by atoms with Gasteiger partial charge in [-0.15, -0.1) is 12.4 Å². The first-order valence-corrected chi connectivity index (χ1v) is 10.2. The van der Waals surface area contributed by atoms with Crippen molar-refractivity contribution in [3.05, 3.63) is 24.0 Å². The Morgan fingerprint density at radius 2 is 1.93 bits per heavy atom. The Morgan fingerprint density at radius 3 is 2.52 bits per heavy atom. The van der Waals surface area contributed by atoms with E-state index in [-0.39, 0.29) is 23.2 Å². The molecule has 2 fully saturated rings. The van der Waals surface area contributed by atoms with Gasteiger partial charge in [-0.1, -0.05) is 5.16 Å². The Kier molecular flexibility index (Phi) is 5.49. The maximum absolute atomic E-state index is 13.0. The van der Waals surface area contributed by atoms with Crippen molar-refractivity contribution >= 4 is 22.4 Å². The van der Waals surface area contributed by atoms with Crippen LogP contribution in [0, 0.1) is 0 Å². The van der Waals surface area contributed by atoms with E-state index in [1.807, 2.05) is 0 Å². The summed E-state index contributed by atoms with van der Waals surface area (Å²) < 4.78 is 38.1. The predicted octanol–water partition coefficient (Wildman–Crippen LogP) is 2.29. The molecule has 1 aliphatic carbocycles. The second-order valence-electron chi connectivity index (χ2n) is 6.91. The molecule has 2 aromatic rings. The van der Waals surface area contributed by atoms with Gasteiger partial charge in [0.1, 0.15) is 10.6 Å². The standard InChI is InChI=1S/C17H22N4O4S.ClH/c1-24-13-6-5-12(11-14(13)26(22,23)21-9-2-3-10-21)15-19-16(20-25-15)17(18)7-4-8-17;/h5-6,11H,2-4,7-10,18H2,1H3;1H. The summed E-state index contributed by atoms with van der Waals surface area (Å²) in [6, 6.07) is 4.86. The summed E-state index contributed by atoms with van der Waals surface area (Å²) >= 11 is 0. The van der Waals surface area contributed by atoms with Crippen LogP contribution in [0.2, 0.25) is 0 Å². The molecule has 0 unspecified atom stereocenters. The SMILES string of the molecule is COc1ccc(-c2nc(C3(N)CCC3)no2)cc1S(=O)(=O)N1CCCC1.Cl. The molecule has 1 aliphatic heterocycles. The van der Waals surface area contributed by atoms with E-state index in [2.05, 4.69) is 10.1 Å². The number of benzene rings is 1. The fraction of sp³-hybridized carbons (Fsp3) is 0.529. The summed E-state index contributed by atoms with van der Waals surface area (Å²) in [5.41, 5.74) is 6.24. The average Bonchev–Trinajstić information content (AvgIpc) is 3.31. The molecule has 0 atom stereocenters. The van der Waals surface area contributed by atoms with Gasteiger partial charge in [-0.3, -0.25) is 0 Å². The molecule has 1 saturated heterocycles. The fourth-order valence-electron chi connectivity index (χ4n) is 3.40. The zero-order valence-corrected chi connectivity index (χ0v) is 16.7. The van der Waals surface area contributed by atoms with Gasteiger partial charge in [0, 0.05) is 18.7 Å². The van der Waals surface area contributed by atoms with Gasteiger partial charge in [0.25, 0.3) is 5.89 Å². The smallest absolute Gasteiger partial charge is 0.258 e. The van der Waals surface area contributed by atoms with Crippen LogP contribution in [-0.2, 0) is 15.6 Å². The molecule has 1 aromatic carbocycles. The highest BCUT2D eigenvalue weighted by Crippen LogP contribution is 2.38. The average molecular weight is 415 g/mol. The van der Waals surface area contributed by atoms with Gasteiger partial charge >= 0.3 is 0 Å². The summed E-state index contributed by atoms with van der Waals surface area (Å²) in [6.45, 7) is 1.05. The number of nitrogens with two attached hydrogens (primary N) is 1.